The Hall–Kier alpha value is -11.2. The average Bonchev–Trinajstić information content (AvgIpc) is 4.41. The summed E-state index contributed by atoms with van der Waals surface area (Å²) in [5.74, 6) is 2.83. The molecule has 0 bridgehead atoms. The van der Waals surface area contributed by atoms with E-state index in [-0.39, 0.29) is 0 Å². The Kier molecular flexibility index (Phi) is 8.76. The van der Waals surface area contributed by atoms with E-state index in [2.05, 4.69) is 225 Å². The van der Waals surface area contributed by atoms with Crippen molar-refractivity contribution in [3.05, 3.63) is 277 Å². The first-order valence-corrected chi connectivity index (χ1v) is 27.2. The zero-order valence-electron chi connectivity index (χ0n) is 43.1. The SMILES string of the molecule is N#Cc1ccc2c(c1)c1ccccc1n2-c1cccc2c1Oc1c(N3c4ccccc4Oc4ccccc43)cccc1C21c2cc(-n3c4ccccc4c4ccccc43)cnc2-c2ncc(-n3c4ccccc4c4ccccc43)cc21. The van der Waals surface area contributed by atoms with Crippen LogP contribution >= 0.6 is 0 Å². The molecule has 0 amide bonds. The summed E-state index contributed by atoms with van der Waals surface area (Å²) in [5.41, 5.74) is 16.5. The molecule has 0 atom stereocenters. The van der Waals surface area contributed by atoms with Gasteiger partial charge in [0, 0.05) is 54.6 Å². The summed E-state index contributed by atoms with van der Waals surface area (Å²) in [6, 6.07) is 85.7. The van der Waals surface area contributed by atoms with Crippen molar-refractivity contribution in [2.75, 3.05) is 4.90 Å². The Balaban J connectivity index is 1.01. The summed E-state index contributed by atoms with van der Waals surface area (Å²) in [7, 11) is 0. The van der Waals surface area contributed by atoms with Crippen LogP contribution in [0.3, 0.4) is 0 Å². The molecular formula is C72H41N7O2. The van der Waals surface area contributed by atoms with Crippen LogP contribution in [0.2, 0.25) is 0 Å². The topological polar surface area (TPSA) is 86.1 Å². The lowest BCUT2D eigenvalue weighted by atomic mass is 9.66. The van der Waals surface area contributed by atoms with E-state index in [0.717, 1.165) is 123 Å². The third-order valence-corrected chi connectivity index (χ3v) is 17.2. The number of rotatable bonds is 4. The van der Waals surface area contributed by atoms with Gasteiger partial charge < -0.3 is 23.2 Å². The Morgan fingerprint density at radius 3 is 1.26 bits per heavy atom. The summed E-state index contributed by atoms with van der Waals surface area (Å²) in [5, 5.41) is 16.9. The van der Waals surface area contributed by atoms with Gasteiger partial charge >= 0.3 is 0 Å². The number of ether oxygens (including phenoxy) is 2. The van der Waals surface area contributed by atoms with E-state index >= 15 is 0 Å². The van der Waals surface area contributed by atoms with Gasteiger partial charge in [-0.25, -0.2) is 0 Å². The number of pyridine rings is 2. The summed E-state index contributed by atoms with van der Waals surface area (Å²) in [6.07, 6.45) is 4.04. The highest BCUT2D eigenvalue weighted by atomic mass is 16.5. The van der Waals surface area contributed by atoms with Crippen molar-refractivity contribution >= 4 is 82.5 Å². The fraction of sp³-hybridized carbons (Fsp3) is 0.0139. The van der Waals surface area contributed by atoms with Crippen molar-refractivity contribution in [1.29, 1.82) is 5.26 Å². The number of anilines is 3. The van der Waals surface area contributed by atoms with Gasteiger partial charge in [-0.1, -0.05) is 140 Å². The minimum absolute atomic E-state index is 0.595. The van der Waals surface area contributed by atoms with Crippen LogP contribution in [-0.4, -0.2) is 23.7 Å². The summed E-state index contributed by atoms with van der Waals surface area (Å²) in [6.45, 7) is 0. The lowest BCUT2D eigenvalue weighted by molar-refractivity contribution is 0.434. The van der Waals surface area contributed by atoms with E-state index in [1.165, 1.54) is 21.5 Å². The maximum absolute atomic E-state index is 10.2. The predicted octanol–water partition coefficient (Wildman–Crippen LogP) is 17.7. The molecule has 9 nitrogen and oxygen atoms in total. The van der Waals surface area contributed by atoms with Crippen LogP contribution in [-0.2, 0) is 5.41 Å². The van der Waals surface area contributed by atoms with E-state index < -0.39 is 5.41 Å². The fourth-order valence-corrected chi connectivity index (χ4v) is 13.9. The van der Waals surface area contributed by atoms with Crippen molar-refractivity contribution in [3.63, 3.8) is 0 Å². The van der Waals surface area contributed by atoms with E-state index in [1.807, 2.05) is 48.8 Å². The summed E-state index contributed by atoms with van der Waals surface area (Å²) >= 11 is 0. The third-order valence-electron chi connectivity index (χ3n) is 17.2. The Bertz CT molecular complexity index is 4990. The number of aromatic nitrogens is 5. The van der Waals surface area contributed by atoms with Crippen LogP contribution in [0.25, 0.3) is 93.9 Å². The minimum atomic E-state index is -1.11. The molecular weight excluding hydrogens is 995 g/mol. The second kappa shape index (κ2) is 16.2. The standard InChI is InChI=1S/C72H41N7O2/c73-40-43-35-36-61-51(37-43)50-21-5-10-28-60(50)78(61)64-31-15-22-52-70(64)81-71-53(23-16-32-65(71)79-62-29-11-13-33-66(62)80-67-34-14-12-30-63(67)79)72(52)54-38-44(76-56-24-6-1-17-46(56)47-18-2-7-25-57(47)76)41-74-68(54)69-55(72)39-45(42-75-69)77-58-26-8-3-19-48(58)49-20-4-9-27-59(49)77/h1-39,41-42H. The molecule has 0 N–H and O–H groups in total. The average molecular weight is 1040 g/mol. The first-order valence-electron chi connectivity index (χ1n) is 27.2. The number of nitriles is 1. The second-order valence-corrected chi connectivity index (χ2v) is 21.1. The van der Waals surface area contributed by atoms with Gasteiger partial charge in [0.05, 0.1) is 108 Å². The van der Waals surface area contributed by atoms with E-state index in [1.54, 1.807) is 0 Å². The van der Waals surface area contributed by atoms with Crippen LogP contribution in [0.1, 0.15) is 27.8 Å². The van der Waals surface area contributed by atoms with Crippen molar-refractivity contribution in [3.8, 4) is 57.5 Å². The molecule has 10 aromatic carbocycles. The number of benzene rings is 10. The zero-order chi connectivity index (χ0) is 53.1. The molecule has 3 aliphatic rings. The van der Waals surface area contributed by atoms with Crippen LogP contribution in [0.15, 0.2) is 249 Å². The summed E-state index contributed by atoms with van der Waals surface area (Å²) < 4.78 is 21.6. The van der Waals surface area contributed by atoms with Crippen molar-refractivity contribution in [2.24, 2.45) is 0 Å². The molecule has 7 heterocycles. The maximum atomic E-state index is 10.2. The largest absolute Gasteiger partial charge is 0.453 e. The van der Waals surface area contributed by atoms with E-state index in [9.17, 15) is 5.26 Å². The summed E-state index contributed by atoms with van der Waals surface area (Å²) in [4.78, 5) is 13.5. The highest BCUT2D eigenvalue weighted by Gasteiger charge is 2.54. The monoisotopic (exact) mass is 1040 g/mol. The van der Waals surface area contributed by atoms with Crippen molar-refractivity contribution in [1.82, 2.24) is 23.7 Å². The van der Waals surface area contributed by atoms with Gasteiger partial charge in [-0.15, -0.1) is 0 Å². The number of hydrogen-bond donors (Lipinski definition) is 0. The van der Waals surface area contributed by atoms with Gasteiger partial charge in [0.2, 0.25) is 0 Å². The van der Waals surface area contributed by atoms with Gasteiger partial charge in [-0.05, 0) is 97.1 Å². The highest BCUT2D eigenvalue weighted by molar-refractivity contribution is 6.12. The first-order chi connectivity index (χ1) is 40.2. The Morgan fingerprint density at radius 1 is 0.346 bits per heavy atom. The smallest absolute Gasteiger partial charge is 0.156 e. The predicted molar refractivity (Wildman–Crippen MR) is 322 cm³/mol. The third kappa shape index (κ3) is 5.76. The van der Waals surface area contributed by atoms with Crippen molar-refractivity contribution in [2.45, 2.75) is 5.41 Å². The molecule has 5 aromatic heterocycles. The maximum Gasteiger partial charge on any atom is 0.156 e. The van der Waals surface area contributed by atoms with Crippen LogP contribution in [0.4, 0.5) is 17.1 Å². The fourth-order valence-electron chi connectivity index (χ4n) is 13.9. The lowest BCUT2D eigenvalue weighted by Gasteiger charge is -2.42. The normalized spacial score (nSPS) is 13.4. The highest BCUT2D eigenvalue weighted by Crippen LogP contribution is 2.66. The Labute approximate surface area is 463 Å². The molecule has 0 unspecified atom stereocenters. The molecule has 376 valence electrons. The zero-order valence-corrected chi connectivity index (χ0v) is 43.1. The van der Waals surface area contributed by atoms with Crippen LogP contribution in [0.5, 0.6) is 23.0 Å². The number of hydrogen-bond acceptors (Lipinski definition) is 6. The van der Waals surface area contributed by atoms with Crippen LogP contribution < -0.4 is 14.4 Å². The molecule has 0 fully saturated rings. The van der Waals surface area contributed by atoms with Crippen LogP contribution in [0, 0.1) is 11.3 Å². The van der Waals surface area contributed by atoms with Gasteiger partial charge in [0.1, 0.15) is 0 Å². The molecule has 2 aliphatic heterocycles. The quantitative estimate of drug-likeness (QED) is 0.175. The molecule has 18 rings (SSSR count). The number of para-hydroxylation sites is 11. The van der Waals surface area contributed by atoms with Gasteiger partial charge in [0.25, 0.3) is 0 Å². The van der Waals surface area contributed by atoms with Gasteiger partial charge in [-0.2, -0.15) is 5.26 Å². The molecule has 15 aromatic rings. The Morgan fingerprint density at radius 2 is 0.753 bits per heavy atom. The molecule has 81 heavy (non-hydrogen) atoms. The number of nitrogens with zero attached hydrogens (tertiary/aromatic N) is 7. The molecule has 1 aliphatic carbocycles. The molecule has 1 spiro atoms. The van der Waals surface area contributed by atoms with E-state index in [4.69, 9.17) is 19.4 Å². The molecule has 0 saturated heterocycles. The van der Waals surface area contributed by atoms with Gasteiger partial charge in [-0.3, -0.25) is 14.9 Å². The van der Waals surface area contributed by atoms with E-state index in [0.29, 0.717) is 17.1 Å². The van der Waals surface area contributed by atoms with Crippen molar-refractivity contribution < 1.29 is 9.47 Å². The van der Waals surface area contributed by atoms with Gasteiger partial charge in [0.15, 0.2) is 23.0 Å². The molecule has 9 heteroatoms. The lowest BCUT2D eigenvalue weighted by Crippen LogP contribution is -2.33. The first kappa shape index (κ1) is 43.8. The molecule has 0 saturated carbocycles. The second-order valence-electron chi connectivity index (χ2n) is 21.1. The molecule has 0 radical (unpaired) electrons. The number of fused-ring (bicyclic) bond motifs is 20. The minimum Gasteiger partial charge on any atom is -0.453 e.